The van der Waals surface area contributed by atoms with Crippen LogP contribution in [0.15, 0.2) is 41.2 Å². The topological polar surface area (TPSA) is 198 Å². The molecule has 1 aromatic carbocycles. The molecule has 5 amide bonds. The van der Waals surface area contributed by atoms with Gasteiger partial charge in [-0.1, -0.05) is 38.1 Å². The number of nitrogens with zero attached hydrogens (tertiary/aromatic N) is 3. The van der Waals surface area contributed by atoms with Crippen LogP contribution in [0.1, 0.15) is 86.5 Å². The zero-order valence-corrected chi connectivity index (χ0v) is 32.7. The third kappa shape index (κ3) is 8.42. The minimum atomic E-state index is -3.91. The number of hydrogen-bond acceptors (Lipinski definition) is 9. The van der Waals surface area contributed by atoms with E-state index in [-0.39, 0.29) is 49.2 Å². The number of sulfonamides is 1. The van der Waals surface area contributed by atoms with Gasteiger partial charge in [0.2, 0.25) is 27.7 Å². The van der Waals surface area contributed by atoms with Crippen LogP contribution in [0.5, 0.6) is 5.88 Å². The van der Waals surface area contributed by atoms with E-state index >= 15 is 0 Å². The molecule has 54 heavy (non-hydrogen) atoms. The van der Waals surface area contributed by atoms with Crippen LogP contribution in [0.4, 0.5) is 4.79 Å². The molecule has 7 atom stereocenters. The van der Waals surface area contributed by atoms with E-state index in [2.05, 4.69) is 32.7 Å². The molecule has 4 aliphatic rings. The standard InChI is InChI=1S/C38H53N7O8S/c1-7-45-33(47)28-15-11-10-14-27(28)32(42-45)53-25-19-29-31(46)40-38(35(49)43-54(51,52)26-16-17-26)20-24(38)13-9-8-12-22(2)18-23(3)30(34(48)44(29)21-25)39-36(50)41-37(4,5)6/h9-11,13-15,22-26,29-30H,7-8,12,16-21H2,1-6H3,(H,40,46)(H,43,49)(H2,39,41,50)/b13-9-/t22-,23+,24+,25+,29-,30-,38+/m0/s1. The third-order valence-electron chi connectivity index (χ3n) is 10.8. The van der Waals surface area contributed by atoms with E-state index in [1.165, 1.54) is 9.58 Å². The molecule has 15 nitrogen and oxygen atoms in total. The summed E-state index contributed by atoms with van der Waals surface area (Å²) in [4.78, 5) is 70.7. The number of urea groups is 1. The second-order valence-electron chi connectivity index (χ2n) is 16.6. The minimum absolute atomic E-state index is 0.00308. The van der Waals surface area contributed by atoms with Gasteiger partial charge in [-0.15, -0.1) is 5.10 Å². The molecule has 2 aliphatic heterocycles. The van der Waals surface area contributed by atoms with Crippen molar-refractivity contribution in [2.24, 2.45) is 17.8 Å². The Balaban J connectivity index is 1.37. The fourth-order valence-corrected chi connectivity index (χ4v) is 9.04. The Morgan fingerprint density at radius 2 is 1.76 bits per heavy atom. The van der Waals surface area contributed by atoms with Gasteiger partial charge in [0, 0.05) is 24.4 Å². The molecule has 1 saturated heterocycles. The summed E-state index contributed by atoms with van der Waals surface area (Å²) >= 11 is 0. The van der Waals surface area contributed by atoms with Crippen LogP contribution in [0.2, 0.25) is 0 Å². The van der Waals surface area contributed by atoms with Crippen molar-refractivity contribution in [3.63, 3.8) is 0 Å². The quantitative estimate of drug-likeness (QED) is 0.306. The second-order valence-corrected chi connectivity index (χ2v) is 18.5. The summed E-state index contributed by atoms with van der Waals surface area (Å²) in [5, 5.41) is 13.4. The van der Waals surface area contributed by atoms with E-state index in [1.807, 2.05) is 39.8 Å². The molecule has 0 unspecified atom stereocenters. The van der Waals surface area contributed by atoms with Crippen LogP contribution in [-0.4, -0.2) is 87.9 Å². The Labute approximate surface area is 316 Å². The van der Waals surface area contributed by atoms with E-state index in [1.54, 1.807) is 31.2 Å². The number of nitrogens with one attached hydrogen (secondary N) is 4. The van der Waals surface area contributed by atoms with Crippen molar-refractivity contribution < 1.29 is 32.3 Å². The summed E-state index contributed by atoms with van der Waals surface area (Å²) in [6.45, 7) is 11.5. The third-order valence-corrected chi connectivity index (χ3v) is 12.6. The van der Waals surface area contributed by atoms with E-state index in [0.29, 0.717) is 36.5 Å². The van der Waals surface area contributed by atoms with Crippen molar-refractivity contribution in [3.05, 3.63) is 46.8 Å². The van der Waals surface area contributed by atoms with Gasteiger partial charge in [0.1, 0.15) is 23.7 Å². The van der Waals surface area contributed by atoms with Crippen LogP contribution in [0, 0.1) is 17.8 Å². The number of benzene rings is 1. The Hall–Kier alpha value is -4.47. The molecule has 294 valence electrons. The van der Waals surface area contributed by atoms with E-state index < -0.39 is 74.2 Å². The van der Waals surface area contributed by atoms with E-state index in [4.69, 9.17) is 4.74 Å². The number of carbonyl (C=O) groups is 4. The van der Waals surface area contributed by atoms with Crippen LogP contribution >= 0.6 is 0 Å². The molecule has 3 fully saturated rings. The summed E-state index contributed by atoms with van der Waals surface area (Å²) in [7, 11) is -3.91. The van der Waals surface area contributed by atoms with E-state index in [9.17, 15) is 32.4 Å². The van der Waals surface area contributed by atoms with Crippen LogP contribution in [-0.2, 0) is 31.0 Å². The maximum atomic E-state index is 14.8. The number of hydrogen-bond donors (Lipinski definition) is 4. The minimum Gasteiger partial charge on any atom is -0.471 e. The van der Waals surface area contributed by atoms with Gasteiger partial charge in [-0.05, 0) is 90.2 Å². The van der Waals surface area contributed by atoms with Gasteiger partial charge in [0.25, 0.3) is 11.5 Å². The molecule has 0 bridgehead atoms. The highest BCUT2D eigenvalue weighted by Crippen LogP contribution is 2.46. The first kappa shape index (κ1) is 39.2. The van der Waals surface area contributed by atoms with Gasteiger partial charge in [-0.25, -0.2) is 17.9 Å². The second kappa shape index (κ2) is 15.0. The molecular formula is C38H53N7O8S. The summed E-state index contributed by atoms with van der Waals surface area (Å²) in [5.74, 6) is -2.38. The Morgan fingerprint density at radius 1 is 1.06 bits per heavy atom. The monoisotopic (exact) mass is 767 g/mol. The van der Waals surface area contributed by atoms with Crippen molar-refractivity contribution in [2.45, 2.75) is 128 Å². The Kier molecular flexibility index (Phi) is 10.9. The maximum absolute atomic E-state index is 14.8. The zero-order chi connectivity index (χ0) is 39.2. The first-order valence-corrected chi connectivity index (χ1v) is 20.6. The maximum Gasteiger partial charge on any atom is 0.315 e. The van der Waals surface area contributed by atoms with E-state index in [0.717, 1.165) is 6.42 Å². The highest BCUT2D eigenvalue weighted by molar-refractivity contribution is 7.91. The lowest BCUT2D eigenvalue weighted by Gasteiger charge is -2.33. The number of carbonyl (C=O) groups excluding carboxylic acids is 4. The summed E-state index contributed by atoms with van der Waals surface area (Å²) in [5.41, 5.74) is -2.39. The number of allylic oxidation sites excluding steroid dienone is 1. The van der Waals surface area contributed by atoms with Crippen molar-refractivity contribution in [3.8, 4) is 5.88 Å². The lowest BCUT2D eigenvalue weighted by atomic mass is 9.88. The average Bonchev–Trinajstić information content (AvgIpc) is 4.02. The number of ether oxygens (including phenoxy) is 1. The molecule has 16 heteroatoms. The number of aryl methyl sites for hydroxylation is 1. The Morgan fingerprint density at radius 3 is 2.43 bits per heavy atom. The molecule has 2 aliphatic carbocycles. The molecule has 6 rings (SSSR count). The first-order chi connectivity index (χ1) is 25.4. The predicted molar refractivity (Wildman–Crippen MR) is 202 cm³/mol. The SMILES string of the molecule is CCn1nc(O[C@@H]2C[C@H]3C(=O)N[C@]4(C(=O)NS(=O)(=O)C5CC5)C[C@H]4/C=C\CC[C@H](C)C[C@@H](C)[C@H](NC(=O)NC(C)(C)C)C(=O)N3C2)c2ccccc2c1=O. The van der Waals surface area contributed by atoms with Crippen LogP contribution in [0.3, 0.4) is 0 Å². The van der Waals surface area contributed by atoms with Crippen LogP contribution in [0.25, 0.3) is 10.8 Å². The molecule has 0 spiro atoms. The van der Waals surface area contributed by atoms with Crippen molar-refractivity contribution >= 4 is 44.5 Å². The predicted octanol–water partition coefficient (Wildman–Crippen LogP) is 2.73. The first-order valence-electron chi connectivity index (χ1n) is 19.0. The molecule has 1 aromatic heterocycles. The van der Waals surface area contributed by atoms with Gasteiger partial charge in [0.05, 0.1) is 22.6 Å². The van der Waals surface area contributed by atoms with Crippen molar-refractivity contribution in [1.29, 1.82) is 0 Å². The lowest BCUT2D eigenvalue weighted by Crippen LogP contribution is -2.60. The molecule has 2 saturated carbocycles. The molecule has 4 N–H and O–H groups in total. The smallest absolute Gasteiger partial charge is 0.315 e. The number of fused-ring (bicyclic) bond motifs is 3. The number of aromatic nitrogens is 2. The molecular weight excluding hydrogens is 715 g/mol. The summed E-state index contributed by atoms with van der Waals surface area (Å²) < 4.78 is 35.7. The fourth-order valence-electron chi connectivity index (χ4n) is 7.68. The highest BCUT2D eigenvalue weighted by atomic mass is 32.2. The van der Waals surface area contributed by atoms with Gasteiger partial charge in [-0.3, -0.25) is 23.9 Å². The highest BCUT2D eigenvalue weighted by Gasteiger charge is 2.62. The Bertz CT molecular complexity index is 2010. The van der Waals surface area contributed by atoms with Crippen molar-refractivity contribution in [2.75, 3.05) is 6.54 Å². The molecule has 2 aromatic rings. The molecule has 0 radical (unpaired) electrons. The zero-order valence-electron chi connectivity index (χ0n) is 31.9. The number of amides is 5. The number of rotatable bonds is 7. The van der Waals surface area contributed by atoms with Gasteiger partial charge >= 0.3 is 6.03 Å². The summed E-state index contributed by atoms with van der Waals surface area (Å²) in [6, 6.07) is 4.23. The lowest BCUT2D eigenvalue weighted by molar-refractivity contribution is -0.142. The normalized spacial score (nSPS) is 29.9. The fraction of sp³-hybridized carbons (Fsp3) is 0.632. The average molecular weight is 768 g/mol. The van der Waals surface area contributed by atoms with Crippen molar-refractivity contribution in [1.82, 2.24) is 35.4 Å². The van der Waals surface area contributed by atoms with Gasteiger partial charge < -0.3 is 25.6 Å². The molecule has 3 heterocycles. The largest absolute Gasteiger partial charge is 0.471 e. The van der Waals surface area contributed by atoms with Crippen LogP contribution < -0.4 is 31.0 Å². The van der Waals surface area contributed by atoms with Gasteiger partial charge in [0.15, 0.2) is 0 Å². The summed E-state index contributed by atoms with van der Waals surface area (Å²) in [6.07, 6.45) is 6.23. The van der Waals surface area contributed by atoms with Gasteiger partial charge in [-0.2, -0.15) is 0 Å².